The fourth-order valence-corrected chi connectivity index (χ4v) is 2.70. The molecule has 0 N–H and O–H groups in total. The Hall–Kier alpha value is 0.480. The molecule has 0 spiro atoms. The highest BCUT2D eigenvalue weighted by Crippen LogP contribution is 2.46. The van der Waals surface area contributed by atoms with Crippen LogP contribution in [0, 0.1) is 11.8 Å². The summed E-state index contributed by atoms with van der Waals surface area (Å²) in [6.45, 7) is 0. The minimum absolute atomic E-state index is 0.864. The highest BCUT2D eigenvalue weighted by Gasteiger charge is 2.35. The molecule has 2 unspecified atom stereocenters. The van der Waals surface area contributed by atoms with Crippen LogP contribution in [0.5, 0.6) is 0 Å². The van der Waals surface area contributed by atoms with Crippen LogP contribution in [0.25, 0.3) is 0 Å². The molecular weight excluding hydrogens is 176 g/mol. The predicted octanol–water partition coefficient (Wildman–Crippen LogP) is 2.96. The molecule has 9 heavy (non-hydrogen) atoms. The van der Waals surface area contributed by atoms with Crippen molar-refractivity contribution in [2.75, 3.05) is 0 Å². The van der Waals surface area contributed by atoms with E-state index >= 15 is 0 Å². The van der Waals surface area contributed by atoms with Gasteiger partial charge in [-0.1, -0.05) is 15.9 Å². The summed E-state index contributed by atoms with van der Waals surface area (Å²) in [5, 5.41) is 0. The third-order valence-electron chi connectivity index (χ3n) is 2.70. The molecule has 0 aromatic heterocycles. The molecule has 0 amide bonds. The molecule has 2 aliphatic rings. The molecule has 0 radical (unpaired) electrons. The fraction of sp³-hybridized carbons (Fsp3) is 1.00. The number of alkyl halides is 1. The average Bonchev–Trinajstić information content (AvgIpc) is 2.58. The minimum atomic E-state index is 0.864. The van der Waals surface area contributed by atoms with Gasteiger partial charge in [0.05, 0.1) is 0 Å². The molecule has 0 heterocycles. The highest BCUT2D eigenvalue weighted by atomic mass is 79.9. The summed E-state index contributed by atoms with van der Waals surface area (Å²) in [6, 6.07) is 0. The number of halogens is 1. The van der Waals surface area contributed by atoms with E-state index in [0.717, 1.165) is 16.7 Å². The van der Waals surface area contributed by atoms with Crippen molar-refractivity contribution in [3.63, 3.8) is 0 Å². The summed E-state index contributed by atoms with van der Waals surface area (Å²) in [7, 11) is 0. The van der Waals surface area contributed by atoms with Gasteiger partial charge in [-0.25, -0.2) is 0 Å². The van der Waals surface area contributed by atoms with Crippen LogP contribution in [0.15, 0.2) is 0 Å². The van der Waals surface area contributed by atoms with E-state index in [4.69, 9.17) is 0 Å². The van der Waals surface area contributed by atoms with E-state index in [-0.39, 0.29) is 0 Å². The van der Waals surface area contributed by atoms with Crippen molar-refractivity contribution in [2.45, 2.75) is 36.9 Å². The van der Waals surface area contributed by atoms with Gasteiger partial charge in [-0.3, -0.25) is 0 Å². The van der Waals surface area contributed by atoms with Gasteiger partial charge in [0.15, 0.2) is 0 Å². The molecule has 2 saturated carbocycles. The van der Waals surface area contributed by atoms with Gasteiger partial charge >= 0.3 is 0 Å². The van der Waals surface area contributed by atoms with E-state index in [1.165, 1.54) is 32.1 Å². The Morgan fingerprint density at radius 3 is 2.00 bits per heavy atom. The Bertz CT molecular complexity index is 107. The van der Waals surface area contributed by atoms with E-state index in [2.05, 4.69) is 15.9 Å². The quantitative estimate of drug-likeness (QED) is 0.556. The maximum atomic E-state index is 3.67. The summed E-state index contributed by atoms with van der Waals surface area (Å²) < 4.78 is 0. The molecule has 0 aliphatic heterocycles. The molecule has 0 bridgehead atoms. The zero-order valence-electron chi connectivity index (χ0n) is 5.65. The first-order chi connectivity index (χ1) is 4.36. The van der Waals surface area contributed by atoms with Crippen LogP contribution in [0.3, 0.4) is 0 Å². The second-order valence-corrected chi connectivity index (χ2v) is 4.80. The van der Waals surface area contributed by atoms with Crippen LogP contribution in [-0.2, 0) is 0 Å². The molecule has 0 nitrogen and oxygen atoms in total. The van der Waals surface area contributed by atoms with Gasteiger partial charge in [0.2, 0.25) is 0 Å². The topological polar surface area (TPSA) is 0 Å². The lowest BCUT2D eigenvalue weighted by atomic mass is 10.0. The van der Waals surface area contributed by atoms with Crippen molar-refractivity contribution in [2.24, 2.45) is 11.8 Å². The maximum Gasteiger partial charge on any atom is 0.0148 e. The van der Waals surface area contributed by atoms with Crippen LogP contribution in [0.1, 0.15) is 32.1 Å². The second kappa shape index (κ2) is 2.26. The smallest absolute Gasteiger partial charge is 0.0148 e. The Labute approximate surface area is 65.1 Å². The van der Waals surface area contributed by atoms with Gasteiger partial charge in [-0.15, -0.1) is 0 Å². The van der Waals surface area contributed by atoms with Crippen molar-refractivity contribution in [3.8, 4) is 0 Å². The van der Waals surface area contributed by atoms with Crippen LogP contribution in [-0.4, -0.2) is 4.83 Å². The molecule has 0 aromatic carbocycles. The summed E-state index contributed by atoms with van der Waals surface area (Å²) in [6.07, 6.45) is 7.46. The molecule has 0 saturated heterocycles. The van der Waals surface area contributed by atoms with E-state index in [9.17, 15) is 0 Å². The lowest BCUT2D eigenvalue weighted by Gasteiger charge is -2.04. The Balaban J connectivity index is 1.86. The first kappa shape index (κ1) is 6.21. The van der Waals surface area contributed by atoms with Crippen molar-refractivity contribution in [3.05, 3.63) is 0 Å². The Kier molecular flexibility index (Phi) is 1.56. The van der Waals surface area contributed by atoms with Crippen LogP contribution in [0.4, 0.5) is 0 Å². The Morgan fingerprint density at radius 1 is 0.889 bits per heavy atom. The van der Waals surface area contributed by atoms with E-state index < -0.39 is 0 Å². The van der Waals surface area contributed by atoms with Crippen LogP contribution in [0.2, 0.25) is 0 Å². The van der Waals surface area contributed by atoms with Gasteiger partial charge in [0.25, 0.3) is 0 Å². The fourth-order valence-electron chi connectivity index (χ4n) is 1.95. The minimum Gasteiger partial charge on any atom is -0.0891 e. The van der Waals surface area contributed by atoms with Crippen LogP contribution < -0.4 is 0 Å². The summed E-state index contributed by atoms with van der Waals surface area (Å²) >= 11 is 3.67. The van der Waals surface area contributed by atoms with E-state index in [0.29, 0.717) is 0 Å². The summed E-state index contributed by atoms with van der Waals surface area (Å²) in [4.78, 5) is 0.864. The third-order valence-corrected chi connectivity index (χ3v) is 3.53. The molecule has 0 aromatic rings. The second-order valence-electron chi connectivity index (χ2n) is 3.51. The average molecular weight is 189 g/mol. The van der Waals surface area contributed by atoms with Crippen LogP contribution >= 0.6 is 15.9 Å². The largest absolute Gasteiger partial charge is 0.0891 e. The zero-order valence-corrected chi connectivity index (χ0v) is 7.23. The monoisotopic (exact) mass is 188 g/mol. The highest BCUT2D eigenvalue weighted by molar-refractivity contribution is 9.09. The summed E-state index contributed by atoms with van der Waals surface area (Å²) in [5.74, 6) is 2.25. The lowest BCUT2D eigenvalue weighted by molar-refractivity contribution is 0.481. The zero-order chi connectivity index (χ0) is 6.27. The van der Waals surface area contributed by atoms with Gasteiger partial charge in [0.1, 0.15) is 0 Å². The molecular formula is C8H13Br. The molecule has 2 rings (SSSR count). The predicted molar refractivity (Wildman–Crippen MR) is 42.8 cm³/mol. The summed E-state index contributed by atoms with van der Waals surface area (Å²) in [5.41, 5.74) is 0. The first-order valence-corrected chi connectivity index (χ1v) is 4.92. The SMILES string of the molecule is BrC1CCC(C2CC2)C1. The first-order valence-electron chi connectivity index (χ1n) is 4.00. The van der Waals surface area contributed by atoms with Gasteiger partial charge in [-0.2, -0.15) is 0 Å². The molecule has 1 heteroatoms. The van der Waals surface area contributed by atoms with Gasteiger partial charge in [0, 0.05) is 4.83 Å². The van der Waals surface area contributed by atoms with Gasteiger partial charge < -0.3 is 0 Å². The molecule has 52 valence electrons. The molecule has 2 aliphatic carbocycles. The van der Waals surface area contributed by atoms with Crippen molar-refractivity contribution < 1.29 is 0 Å². The molecule has 2 fully saturated rings. The van der Waals surface area contributed by atoms with Crippen molar-refractivity contribution in [1.82, 2.24) is 0 Å². The maximum absolute atomic E-state index is 3.67. The van der Waals surface area contributed by atoms with Crippen molar-refractivity contribution in [1.29, 1.82) is 0 Å². The number of rotatable bonds is 1. The third kappa shape index (κ3) is 1.31. The standard InChI is InChI=1S/C8H13Br/c9-8-4-3-7(5-8)6-1-2-6/h6-8H,1-5H2. The lowest BCUT2D eigenvalue weighted by Crippen LogP contribution is -1.96. The number of hydrogen-bond acceptors (Lipinski definition) is 0. The Morgan fingerprint density at radius 2 is 1.56 bits per heavy atom. The van der Waals surface area contributed by atoms with E-state index in [1.807, 2.05) is 0 Å². The number of hydrogen-bond donors (Lipinski definition) is 0. The van der Waals surface area contributed by atoms with Gasteiger partial charge in [-0.05, 0) is 43.9 Å². The van der Waals surface area contributed by atoms with E-state index in [1.54, 1.807) is 0 Å². The molecule has 2 atom stereocenters. The normalized spacial score (nSPS) is 43.7. The van der Waals surface area contributed by atoms with Crippen molar-refractivity contribution >= 4 is 15.9 Å².